The van der Waals surface area contributed by atoms with Crippen molar-refractivity contribution in [1.29, 1.82) is 0 Å². The van der Waals surface area contributed by atoms with E-state index in [1.54, 1.807) is 12.1 Å². The molecule has 0 atom stereocenters. The van der Waals surface area contributed by atoms with E-state index in [1.165, 1.54) is 0 Å². The van der Waals surface area contributed by atoms with Crippen LogP contribution in [0.2, 0.25) is 0 Å². The number of fused-ring (bicyclic) bond motifs is 1. The Morgan fingerprint density at radius 1 is 1.00 bits per heavy atom. The second-order valence-electron chi connectivity index (χ2n) is 4.66. The van der Waals surface area contributed by atoms with Crippen LogP contribution in [0.15, 0.2) is 60.7 Å². The van der Waals surface area contributed by atoms with Gasteiger partial charge in [-0.3, -0.25) is 0 Å². The van der Waals surface area contributed by atoms with Gasteiger partial charge in [-0.25, -0.2) is 9.78 Å². The molecule has 4 heteroatoms. The zero-order valence-electron chi connectivity index (χ0n) is 11.2. The summed E-state index contributed by atoms with van der Waals surface area (Å²) in [4.78, 5) is 15.3. The van der Waals surface area contributed by atoms with Gasteiger partial charge < -0.3 is 9.84 Å². The monoisotopic (exact) mass is 279 g/mol. The lowest BCUT2D eigenvalue weighted by molar-refractivity contribution is 0.145. The molecule has 0 amide bonds. The van der Waals surface area contributed by atoms with Gasteiger partial charge in [0.25, 0.3) is 0 Å². The number of ether oxygens (including phenoxy) is 1. The van der Waals surface area contributed by atoms with E-state index < -0.39 is 6.16 Å². The minimum absolute atomic E-state index is 0.259. The van der Waals surface area contributed by atoms with E-state index in [9.17, 15) is 4.79 Å². The van der Waals surface area contributed by atoms with Crippen LogP contribution in [-0.2, 0) is 6.42 Å². The SMILES string of the molecule is O=C(O)Oc1cccc2ccc(Cc3ccccc3)nc12. The van der Waals surface area contributed by atoms with Gasteiger partial charge in [-0.1, -0.05) is 48.5 Å². The summed E-state index contributed by atoms with van der Waals surface area (Å²) in [6, 6.07) is 19.1. The molecule has 0 fully saturated rings. The molecule has 0 saturated heterocycles. The van der Waals surface area contributed by atoms with Gasteiger partial charge in [0.15, 0.2) is 5.75 Å². The summed E-state index contributed by atoms with van der Waals surface area (Å²) in [5.74, 6) is 0.259. The van der Waals surface area contributed by atoms with Gasteiger partial charge in [0.1, 0.15) is 5.52 Å². The van der Waals surface area contributed by atoms with E-state index in [-0.39, 0.29) is 5.75 Å². The number of nitrogens with zero attached hydrogens (tertiary/aromatic N) is 1. The lowest BCUT2D eigenvalue weighted by Crippen LogP contribution is -2.04. The Kier molecular flexibility index (Phi) is 3.51. The third kappa shape index (κ3) is 3.00. The molecule has 1 aromatic heterocycles. The quantitative estimate of drug-likeness (QED) is 0.584. The molecule has 0 spiro atoms. The molecule has 104 valence electrons. The molecule has 0 aliphatic heterocycles. The fourth-order valence-corrected chi connectivity index (χ4v) is 2.24. The molecule has 0 bridgehead atoms. The van der Waals surface area contributed by atoms with E-state index in [0.717, 1.165) is 16.6 Å². The molecular formula is C17H13NO3. The summed E-state index contributed by atoms with van der Waals surface area (Å²) < 4.78 is 4.79. The summed E-state index contributed by atoms with van der Waals surface area (Å²) in [7, 11) is 0. The van der Waals surface area contributed by atoms with Crippen molar-refractivity contribution < 1.29 is 14.6 Å². The van der Waals surface area contributed by atoms with Gasteiger partial charge in [-0.05, 0) is 17.7 Å². The number of rotatable bonds is 3. The number of aromatic nitrogens is 1. The highest BCUT2D eigenvalue weighted by Gasteiger charge is 2.08. The number of carboxylic acid groups (broad SMARTS) is 1. The topological polar surface area (TPSA) is 59.4 Å². The summed E-state index contributed by atoms with van der Waals surface area (Å²) in [6.45, 7) is 0. The maximum Gasteiger partial charge on any atom is 0.511 e. The number of para-hydroxylation sites is 1. The van der Waals surface area contributed by atoms with E-state index in [2.05, 4.69) is 4.98 Å². The Hall–Kier alpha value is -2.88. The number of carbonyl (C=O) groups is 1. The molecule has 1 heterocycles. The summed E-state index contributed by atoms with van der Waals surface area (Å²) in [5.41, 5.74) is 2.59. The molecule has 0 unspecified atom stereocenters. The van der Waals surface area contributed by atoms with Crippen molar-refractivity contribution >= 4 is 17.1 Å². The molecule has 1 N–H and O–H groups in total. The van der Waals surface area contributed by atoms with Crippen LogP contribution in [0.5, 0.6) is 5.75 Å². The van der Waals surface area contributed by atoms with Crippen LogP contribution in [0.3, 0.4) is 0 Å². The average molecular weight is 279 g/mol. The highest BCUT2D eigenvalue weighted by molar-refractivity contribution is 5.86. The van der Waals surface area contributed by atoms with Crippen LogP contribution in [0, 0.1) is 0 Å². The van der Waals surface area contributed by atoms with Crippen molar-refractivity contribution in [3.63, 3.8) is 0 Å². The predicted octanol–water partition coefficient (Wildman–Crippen LogP) is 3.88. The van der Waals surface area contributed by atoms with Gasteiger partial charge in [-0.15, -0.1) is 0 Å². The Balaban J connectivity index is 2.00. The Morgan fingerprint density at radius 3 is 2.57 bits per heavy atom. The predicted molar refractivity (Wildman–Crippen MR) is 79.6 cm³/mol. The van der Waals surface area contributed by atoms with Crippen LogP contribution in [0.4, 0.5) is 4.79 Å². The van der Waals surface area contributed by atoms with Crippen molar-refractivity contribution in [1.82, 2.24) is 4.98 Å². The van der Waals surface area contributed by atoms with E-state index in [4.69, 9.17) is 9.84 Å². The first-order valence-corrected chi connectivity index (χ1v) is 6.56. The molecule has 3 rings (SSSR count). The van der Waals surface area contributed by atoms with Crippen molar-refractivity contribution in [3.05, 3.63) is 71.9 Å². The van der Waals surface area contributed by atoms with Gasteiger partial charge in [0.2, 0.25) is 0 Å². The van der Waals surface area contributed by atoms with E-state index in [0.29, 0.717) is 11.9 Å². The Bertz CT molecular complexity index is 784. The molecule has 0 saturated carbocycles. The minimum atomic E-state index is -1.34. The van der Waals surface area contributed by atoms with Crippen LogP contribution in [-0.4, -0.2) is 16.2 Å². The van der Waals surface area contributed by atoms with Crippen molar-refractivity contribution in [2.75, 3.05) is 0 Å². The largest absolute Gasteiger partial charge is 0.511 e. The van der Waals surface area contributed by atoms with Crippen molar-refractivity contribution in [2.45, 2.75) is 6.42 Å². The highest BCUT2D eigenvalue weighted by atomic mass is 16.7. The van der Waals surface area contributed by atoms with Gasteiger partial charge in [0, 0.05) is 17.5 Å². The first-order valence-electron chi connectivity index (χ1n) is 6.56. The molecule has 0 aliphatic rings. The summed E-state index contributed by atoms with van der Waals surface area (Å²) >= 11 is 0. The third-order valence-electron chi connectivity index (χ3n) is 3.17. The van der Waals surface area contributed by atoms with E-state index in [1.807, 2.05) is 48.5 Å². The van der Waals surface area contributed by atoms with Crippen LogP contribution in [0.1, 0.15) is 11.3 Å². The molecule has 0 aliphatic carbocycles. The zero-order valence-corrected chi connectivity index (χ0v) is 11.2. The van der Waals surface area contributed by atoms with Crippen LogP contribution < -0.4 is 4.74 Å². The van der Waals surface area contributed by atoms with Gasteiger partial charge >= 0.3 is 6.16 Å². The molecule has 3 aromatic rings. The number of benzene rings is 2. The Labute approximate surface area is 121 Å². The maximum atomic E-state index is 10.7. The maximum absolute atomic E-state index is 10.7. The Morgan fingerprint density at radius 2 is 1.81 bits per heavy atom. The summed E-state index contributed by atoms with van der Waals surface area (Å²) in [6.07, 6.45) is -0.643. The number of hydrogen-bond acceptors (Lipinski definition) is 3. The first kappa shape index (κ1) is 13.1. The molecule has 2 aromatic carbocycles. The lowest BCUT2D eigenvalue weighted by Gasteiger charge is -2.07. The standard InChI is InChI=1S/C17H13NO3/c19-17(20)21-15-8-4-7-13-9-10-14(18-16(13)15)11-12-5-2-1-3-6-12/h1-10H,11H2,(H,19,20). The molecule has 21 heavy (non-hydrogen) atoms. The van der Waals surface area contributed by atoms with Gasteiger partial charge in [0.05, 0.1) is 0 Å². The van der Waals surface area contributed by atoms with Crippen LogP contribution >= 0.6 is 0 Å². The molecule has 0 radical (unpaired) electrons. The second kappa shape index (κ2) is 5.63. The van der Waals surface area contributed by atoms with Crippen LogP contribution in [0.25, 0.3) is 10.9 Å². The highest BCUT2D eigenvalue weighted by Crippen LogP contribution is 2.24. The first-order chi connectivity index (χ1) is 10.2. The average Bonchev–Trinajstić information content (AvgIpc) is 2.48. The minimum Gasteiger partial charge on any atom is -0.449 e. The molecular weight excluding hydrogens is 266 g/mol. The fourth-order valence-electron chi connectivity index (χ4n) is 2.24. The van der Waals surface area contributed by atoms with Gasteiger partial charge in [-0.2, -0.15) is 0 Å². The zero-order chi connectivity index (χ0) is 14.7. The number of pyridine rings is 1. The third-order valence-corrected chi connectivity index (χ3v) is 3.17. The van der Waals surface area contributed by atoms with E-state index >= 15 is 0 Å². The second-order valence-corrected chi connectivity index (χ2v) is 4.66. The smallest absolute Gasteiger partial charge is 0.449 e. The van der Waals surface area contributed by atoms with Crippen molar-refractivity contribution in [2.24, 2.45) is 0 Å². The molecule has 4 nitrogen and oxygen atoms in total. The fraction of sp³-hybridized carbons (Fsp3) is 0.0588. The normalized spacial score (nSPS) is 10.5. The number of hydrogen-bond donors (Lipinski definition) is 1. The summed E-state index contributed by atoms with van der Waals surface area (Å²) in [5, 5.41) is 9.63. The van der Waals surface area contributed by atoms with Crippen molar-refractivity contribution in [3.8, 4) is 5.75 Å². The lowest BCUT2D eigenvalue weighted by atomic mass is 10.1.